The van der Waals surface area contributed by atoms with E-state index in [2.05, 4.69) is 4.98 Å². The smallest absolute Gasteiger partial charge is 0.256 e. The molecule has 1 aliphatic rings. The van der Waals surface area contributed by atoms with Crippen molar-refractivity contribution in [2.75, 3.05) is 26.2 Å². The quantitative estimate of drug-likeness (QED) is 0.893. The van der Waals surface area contributed by atoms with Crippen LogP contribution in [-0.4, -0.2) is 58.8 Å². The summed E-state index contributed by atoms with van der Waals surface area (Å²) in [7, 11) is 0. The van der Waals surface area contributed by atoms with Gasteiger partial charge in [-0.3, -0.25) is 14.5 Å². The number of para-hydroxylation sites is 1. The summed E-state index contributed by atoms with van der Waals surface area (Å²) in [5, 5.41) is 0.948. The van der Waals surface area contributed by atoms with E-state index in [0.717, 1.165) is 23.9 Å². The van der Waals surface area contributed by atoms with Crippen LogP contribution in [-0.2, 0) is 4.79 Å². The molecule has 3 rings (SSSR count). The van der Waals surface area contributed by atoms with Crippen molar-refractivity contribution in [2.24, 2.45) is 5.73 Å². The van der Waals surface area contributed by atoms with Gasteiger partial charge in [-0.1, -0.05) is 18.2 Å². The fraction of sp³-hybridized carbons (Fsp3) is 0.412. The molecule has 2 aromatic rings. The first kappa shape index (κ1) is 15.6. The fourth-order valence-electron chi connectivity index (χ4n) is 3.13. The summed E-state index contributed by atoms with van der Waals surface area (Å²) in [6.07, 6.45) is 2.62. The lowest BCUT2D eigenvalue weighted by atomic mass is 10.1. The Balaban J connectivity index is 1.75. The van der Waals surface area contributed by atoms with Crippen LogP contribution in [0.25, 0.3) is 10.9 Å². The molecule has 0 aliphatic carbocycles. The summed E-state index contributed by atoms with van der Waals surface area (Å²) in [5.74, 6) is -0.280. The molecule has 1 aromatic carbocycles. The second kappa shape index (κ2) is 6.42. The Morgan fingerprint density at radius 2 is 1.96 bits per heavy atom. The Hall–Kier alpha value is -2.34. The van der Waals surface area contributed by atoms with Crippen LogP contribution in [0.4, 0.5) is 0 Å². The minimum atomic E-state index is -0.318. The molecule has 3 N–H and O–H groups in total. The first-order chi connectivity index (χ1) is 11.1. The number of primary amides is 1. The molecule has 0 spiro atoms. The third-order valence-corrected chi connectivity index (χ3v) is 4.60. The molecule has 0 bridgehead atoms. The molecule has 1 saturated heterocycles. The number of fused-ring (bicyclic) bond motifs is 1. The minimum absolute atomic E-state index is 0.0380. The van der Waals surface area contributed by atoms with E-state index >= 15 is 0 Å². The van der Waals surface area contributed by atoms with Crippen LogP contribution in [0.15, 0.2) is 30.5 Å². The molecule has 23 heavy (non-hydrogen) atoms. The van der Waals surface area contributed by atoms with Gasteiger partial charge in [-0.15, -0.1) is 0 Å². The van der Waals surface area contributed by atoms with Crippen molar-refractivity contribution in [1.82, 2.24) is 14.8 Å². The summed E-state index contributed by atoms with van der Waals surface area (Å²) in [6.45, 7) is 4.57. The Labute approximate surface area is 135 Å². The van der Waals surface area contributed by atoms with Crippen molar-refractivity contribution in [3.8, 4) is 0 Å². The first-order valence-corrected chi connectivity index (χ1v) is 7.96. The largest absolute Gasteiger partial charge is 0.368 e. The Bertz CT molecular complexity index is 724. The number of nitrogens with one attached hydrogen (secondary N) is 1. The molecule has 6 heteroatoms. The Kier molecular flexibility index (Phi) is 4.34. The molecule has 1 aromatic heterocycles. The van der Waals surface area contributed by atoms with Crippen LogP contribution >= 0.6 is 0 Å². The lowest BCUT2D eigenvalue weighted by molar-refractivity contribution is -0.122. The average molecular weight is 314 g/mol. The Morgan fingerprint density at radius 1 is 1.17 bits per heavy atom. The van der Waals surface area contributed by atoms with E-state index in [1.807, 2.05) is 41.0 Å². The minimum Gasteiger partial charge on any atom is -0.368 e. The van der Waals surface area contributed by atoms with E-state index in [1.54, 1.807) is 6.20 Å². The second-order valence-electron chi connectivity index (χ2n) is 6.01. The van der Waals surface area contributed by atoms with Gasteiger partial charge in [-0.25, -0.2) is 0 Å². The van der Waals surface area contributed by atoms with Crippen molar-refractivity contribution in [1.29, 1.82) is 0 Å². The van der Waals surface area contributed by atoms with Gasteiger partial charge in [-0.2, -0.15) is 0 Å². The maximum atomic E-state index is 12.8. The van der Waals surface area contributed by atoms with Gasteiger partial charge in [-0.05, 0) is 19.4 Å². The predicted octanol–water partition coefficient (Wildman–Crippen LogP) is 1.19. The lowest BCUT2D eigenvalue weighted by Crippen LogP contribution is -2.44. The van der Waals surface area contributed by atoms with E-state index < -0.39 is 0 Å². The molecule has 2 amide bonds. The van der Waals surface area contributed by atoms with Crippen LogP contribution < -0.4 is 5.73 Å². The number of amides is 2. The highest BCUT2D eigenvalue weighted by molar-refractivity contribution is 6.06. The zero-order valence-corrected chi connectivity index (χ0v) is 13.3. The summed E-state index contributed by atoms with van der Waals surface area (Å²) in [4.78, 5) is 31.2. The number of carbonyl (C=O) groups is 2. The van der Waals surface area contributed by atoms with Crippen molar-refractivity contribution < 1.29 is 9.59 Å². The summed E-state index contributed by atoms with van der Waals surface area (Å²) in [6, 6.07) is 7.51. The number of nitrogens with zero attached hydrogens (tertiary/aromatic N) is 2. The first-order valence-electron chi connectivity index (χ1n) is 7.96. The molecule has 122 valence electrons. The molecule has 0 radical (unpaired) electrons. The molecule has 6 nitrogen and oxygen atoms in total. The van der Waals surface area contributed by atoms with Gasteiger partial charge in [0.25, 0.3) is 5.91 Å². The van der Waals surface area contributed by atoms with Crippen LogP contribution in [0.1, 0.15) is 23.7 Å². The zero-order valence-electron chi connectivity index (χ0n) is 13.3. The predicted molar refractivity (Wildman–Crippen MR) is 89.0 cm³/mol. The van der Waals surface area contributed by atoms with E-state index in [1.165, 1.54) is 0 Å². The third kappa shape index (κ3) is 3.07. The summed E-state index contributed by atoms with van der Waals surface area (Å²) < 4.78 is 0. The van der Waals surface area contributed by atoms with E-state index in [4.69, 9.17) is 5.73 Å². The SMILES string of the molecule is C[C@H](C(N)=O)N1CCCN(C(=O)c2c[nH]c3ccccc23)CC1. The van der Waals surface area contributed by atoms with Crippen LogP contribution in [0.5, 0.6) is 0 Å². The fourth-order valence-corrected chi connectivity index (χ4v) is 3.13. The monoisotopic (exact) mass is 314 g/mol. The Morgan fingerprint density at radius 3 is 2.74 bits per heavy atom. The number of aromatic nitrogens is 1. The van der Waals surface area contributed by atoms with Crippen LogP contribution in [0.2, 0.25) is 0 Å². The van der Waals surface area contributed by atoms with Crippen molar-refractivity contribution in [3.05, 3.63) is 36.0 Å². The zero-order chi connectivity index (χ0) is 16.4. The van der Waals surface area contributed by atoms with Gasteiger partial charge in [0, 0.05) is 43.3 Å². The van der Waals surface area contributed by atoms with Gasteiger partial charge in [0.15, 0.2) is 0 Å². The van der Waals surface area contributed by atoms with E-state index in [-0.39, 0.29) is 17.9 Å². The highest BCUT2D eigenvalue weighted by atomic mass is 16.2. The van der Waals surface area contributed by atoms with Gasteiger partial charge >= 0.3 is 0 Å². The van der Waals surface area contributed by atoms with E-state index in [0.29, 0.717) is 25.2 Å². The number of aromatic amines is 1. The van der Waals surface area contributed by atoms with Crippen molar-refractivity contribution in [3.63, 3.8) is 0 Å². The van der Waals surface area contributed by atoms with Crippen molar-refractivity contribution >= 4 is 22.7 Å². The number of nitrogens with two attached hydrogens (primary N) is 1. The lowest BCUT2D eigenvalue weighted by Gasteiger charge is -2.25. The summed E-state index contributed by atoms with van der Waals surface area (Å²) >= 11 is 0. The molecule has 1 aliphatic heterocycles. The highest BCUT2D eigenvalue weighted by Crippen LogP contribution is 2.20. The molecule has 1 atom stereocenters. The number of hydrogen-bond acceptors (Lipinski definition) is 3. The topological polar surface area (TPSA) is 82.4 Å². The normalized spacial score (nSPS) is 17.9. The van der Waals surface area contributed by atoms with Crippen LogP contribution in [0.3, 0.4) is 0 Å². The maximum Gasteiger partial charge on any atom is 0.256 e. The third-order valence-electron chi connectivity index (χ3n) is 4.60. The van der Waals surface area contributed by atoms with Gasteiger partial charge in [0.05, 0.1) is 11.6 Å². The molecule has 1 fully saturated rings. The molecule has 2 heterocycles. The second-order valence-corrected chi connectivity index (χ2v) is 6.01. The number of H-pyrrole nitrogens is 1. The standard InChI is InChI=1S/C17H22N4O2/c1-12(16(18)22)20-7-4-8-21(10-9-20)17(23)14-11-19-15-6-3-2-5-13(14)15/h2-3,5-6,11-12,19H,4,7-10H2,1H3,(H2,18,22)/t12-/m1/s1. The average Bonchev–Trinajstić information content (AvgIpc) is 2.82. The van der Waals surface area contributed by atoms with Gasteiger partial charge in [0.2, 0.25) is 5.91 Å². The summed E-state index contributed by atoms with van der Waals surface area (Å²) in [5.41, 5.74) is 7.06. The van der Waals surface area contributed by atoms with E-state index in [9.17, 15) is 9.59 Å². The molecule has 0 unspecified atom stereocenters. The van der Waals surface area contributed by atoms with Crippen molar-refractivity contribution in [2.45, 2.75) is 19.4 Å². The number of benzene rings is 1. The van der Waals surface area contributed by atoms with Gasteiger partial charge < -0.3 is 15.6 Å². The number of hydrogen-bond donors (Lipinski definition) is 2. The molecular formula is C17H22N4O2. The number of carbonyl (C=O) groups excluding carboxylic acids is 2. The maximum absolute atomic E-state index is 12.8. The molecule has 0 saturated carbocycles. The highest BCUT2D eigenvalue weighted by Gasteiger charge is 2.25. The van der Waals surface area contributed by atoms with Crippen LogP contribution in [0, 0.1) is 0 Å². The van der Waals surface area contributed by atoms with Gasteiger partial charge in [0.1, 0.15) is 0 Å². The molecular weight excluding hydrogens is 292 g/mol. The number of rotatable bonds is 3.